The molecular weight excluding hydrogens is 424 g/mol. The Bertz CT molecular complexity index is 1400. The average molecular weight is 433 g/mol. The lowest BCUT2D eigenvalue weighted by Crippen LogP contribution is -2.07. The van der Waals surface area contributed by atoms with Gasteiger partial charge < -0.3 is 4.98 Å². The molecule has 0 spiro atoms. The molecule has 0 bridgehead atoms. The number of fused-ring (bicyclic) bond motifs is 1. The average Bonchev–Trinajstić information content (AvgIpc) is 3.17. The Morgan fingerprint density at radius 1 is 1.20 bits per heavy atom. The minimum Gasteiger partial charge on any atom is -0.354 e. The highest BCUT2D eigenvalue weighted by Gasteiger charge is 2.21. The van der Waals surface area contributed by atoms with Crippen LogP contribution < -0.4 is 5.43 Å². The highest BCUT2D eigenvalue weighted by atomic mass is 35.5. The van der Waals surface area contributed by atoms with Gasteiger partial charge in [0.25, 0.3) is 0 Å². The summed E-state index contributed by atoms with van der Waals surface area (Å²) >= 11 is 6.14. The summed E-state index contributed by atoms with van der Waals surface area (Å²) < 4.78 is 55.5. The molecule has 0 aliphatic rings. The van der Waals surface area contributed by atoms with Crippen molar-refractivity contribution in [3.05, 3.63) is 75.2 Å². The third kappa shape index (κ3) is 3.21. The van der Waals surface area contributed by atoms with Crippen molar-refractivity contribution in [2.24, 2.45) is 0 Å². The van der Waals surface area contributed by atoms with Gasteiger partial charge in [0.05, 0.1) is 40.0 Å². The number of nitriles is 1. The zero-order valence-electron chi connectivity index (χ0n) is 14.8. The lowest BCUT2D eigenvalue weighted by molar-refractivity contribution is 0.0566. The molecule has 4 aromatic rings. The fourth-order valence-electron chi connectivity index (χ4n) is 3.13. The molecule has 2 aromatic carbocycles. The number of rotatable bonds is 3. The molecule has 2 heterocycles. The highest BCUT2D eigenvalue weighted by molar-refractivity contribution is 6.33. The molecule has 10 heteroatoms. The molecule has 0 unspecified atom stereocenters. The van der Waals surface area contributed by atoms with Gasteiger partial charge in [-0.25, -0.2) is 13.5 Å². The molecular formula is C20H9ClF4N4O. The molecule has 0 amide bonds. The van der Waals surface area contributed by atoms with Crippen LogP contribution in [0.4, 0.5) is 17.6 Å². The number of pyridine rings is 1. The van der Waals surface area contributed by atoms with E-state index in [0.717, 1.165) is 24.5 Å². The minimum atomic E-state index is -2.98. The Hall–Kier alpha value is -3.64. The van der Waals surface area contributed by atoms with Gasteiger partial charge in [0.2, 0.25) is 0 Å². The van der Waals surface area contributed by atoms with Gasteiger partial charge in [-0.1, -0.05) is 11.6 Å². The summed E-state index contributed by atoms with van der Waals surface area (Å²) in [4.78, 5) is 15.4. The molecule has 0 saturated carbocycles. The van der Waals surface area contributed by atoms with Crippen LogP contribution in [-0.4, -0.2) is 14.8 Å². The van der Waals surface area contributed by atoms with E-state index in [2.05, 4.69) is 10.1 Å². The van der Waals surface area contributed by atoms with Crippen molar-refractivity contribution in [3.8, 4) is 28.5 Å². The van der Waals surface area contributed by atoms with E-state index in [1.165, 1.54) is 18.2 Å². The zero-order chi connectivity index (χ0) is 21.6. The first-order valence-corrected chi connectivity index (χ1v) is 8.75. The van der Waals surface area contributed by atoms with Crippen LogP contribution >= 0.6 is 11.6 Å². The van der Waals surface area contributed by atoms with E-state index in [9.17, 15) is 18.0 Å². The van der Waals surface area contributed by atoms with Gasteiger partial charge in [-0.05, 0) is 24.3 Å². The predicted octanol–water partition coefficient (Wildman–Crippen LogP) is 5.26. The minimum absolute atomic E-state index is 0.157. The molecule has 150 valence electrons. The maximum absolute atomic E-state index is 15.1. The number of aromatic amines is 1. The largest absolute Gasteiger partial charge is 0.354 e. The number of H-pyrrole nitrogens is 1. The van der Waals surface area contributed by atoms with Gasteiger partial charge in [-0.15, -0.1) is 0 Å². The molecule has 0 aliphatic heterocycles. The summed E-state index contributed by atoms with van der Waals surface area (Å²) in [7, 11) is 0. The molecule has 0 radical (unpaired) electrons. The standard InChI is InChI=1S/C20H9ClF4N4O/c21-12-2-1-9(6-26)3-11(12)14-5-16(30)18-15(28-14)4-13(22)17(19(18)23)10-7-27-29(8-10)20(24)25/h1-5,7-8,20H,(H,28,30). The van der Waals surface area contributed by atoms with Crippen LogP contribution in [0, 0.1) is 23.0 Å². The van der Waals surface area contributed by atoms with Crippen molar-refractivity contribution in [1.29, 1.82) is 5.26 Å². The van der Waals surface area contributed by atoms with Crippen molar-refractivity contribution in [1.82, 2.24) is 14.8 Å². The van der Waals surface area contributed by atoms with Crippen LogP contribution in [0.5, 0.6) is 0 Å². The van der Waals surface area contributed by atoms with E-state index < -0.39 is 34.6 Å². The fourth-order valence-corrected chi connectivity index (χ4v) is 3.35. The SMILES string of the molecule is N#Cc1ccc(Cl)c(-c2cc(=O)c3c(F)c(-c4cnn(C(F)F)c4)c(F)cc3[nH]2)c1. The summed E-state index contributed by atoms with van der Waals surface area (Å²) in [5.41, 5.74) is -1.07. The Balaban J connectivity index is 1.94. The first-order chi connectivity index (χ1) is 14.3. The quantitative estimate of drug-likeness (QED) is 0.449. The number of hydrogen-bond donors (Lipinski definition) is 1. The normalized spacial score (nSPS) is 11.2. The van der Waals surface area contributed by atoms with Crippen molar-refractivity contribution in [2.75, 3.05) is 0 Å². The Kier molecular flexibility index (Phi) is 4.79. The Labute approximate surface area is 170 Å². The van der Waals surface area contributed by atoms with Crippen molar-refractivity contribution >= 4 is 22.5 Å². The Morgan fingerprint density at radius 3 is 2.63 bits per heavy atom. The van der Waals surface area contributed by atoms with Gasteiger partial charge in [-0.3, -0.25) is 4.79 Å². The summed E-state index contributed by atoms with van der Waals surface area (Å²) in [6.07, 6.45) is 1.67. The zero-order valence-corrected chi connectivity index (χ0v) is 15.5. The highest BCUT2D eigenvalue weighted by Crippen LogP contribution is 2.33. The van der Waals surface area contributed by atoms with Gasteiger partial charge in [0, 0.05) is 28.4 Å². The van der Waals surface area contributed by atoms with Crippen LogP contribution in [0.3, 0.4) is 0 Å². The molecule has 30 heavy (non-hydrogen) atoms. The molecule has 1 N–H and O–H groups in total. The smallest absolute Gasteiger partial charge is 0.333 e. The van der Waals surface area contributed by atoms with Gasteiger partial charge in [0.1, 0.15) is 11.6 Å². The molecule has 2 aromatic heterocycles. The molecule has 0 saturated heterocycles. The third-order valence-electron chi connectivity index (χ3n) is 4.49. The fraction of sp³-hybridized carbons (Fsp3) is 0.0500. The number of hydrogen-bond acceptors (Lipinski definition) is 3. The third-order valence-corrected chi connectivity index (χ3v) is 4.81. The maximum Gasteiger partial charge on any atom is 0.333 e. The summed E-state index contributed by atoms with van der Waals surface area (Å²) in [6.45, 7) is -2.98. The predicted molar refractivity (Wildman–Crippen MR) is 102 cm³/mol. The van der Waals surface area contributed by atoms with E-state index in [1.807, 2.05) is 6.07 Å². The molecule has 0 aliphatic carbocycles. The van der Waals surface area contributed by atoms with Gasteiger partial charge in [-0.2, -0.15) is 19.1 Å². The van der Waals surface area contributed by atoms with E-state index in [4.69, 9.17) is 16.9 Å². The van der Waals surface area contributed by atoms with E-state index >= 15 is 4.39 Å². The van der Waals surface area contributed by atoms with E-state index in [1.54, 1.807) is 0 Å². The summed E-state index contributed by atoms with van der Waals surface area (Å²) in [5, 5.41) is 12.2. The number of halogens is 5. The van der Waals surface area contributed by atoms with Crippen LogP contribution in [0.15, 0.2) is 47.5 Å². The van der Waals surface area contributed by atoms with Crippen molar-refractivity contribution in [2.45, 2.75) is 6.55 Å². The van der Waals surface area contributed by atoms with Crippen LogP contribution in [-0.2, 0) is 0 Å². The van der Waals surface area contributed by atoms with Crippen LogP contribution in [0.25, 0.3) is 33.3 Å². The van der Waals surface area contributed by atoms with Crippen LogP contribution in [0.1, 0.15) is 12.1 Å². The second-order valence-corrected chi connectivity index (χ2v) is 6.72. The number of alkyl halides is 2. The number of nitrogens with zero attached hydrogens (tertiary/aromatic N) is 3. The number of nitrogens with one attached hydrogen (secondary N) is 1. The van der Waals surface area contributed by atoms with Crippen molar-refractivity contribution in [3.63, 3.8) is 0 Å². The lowest BCUT2D eigenvalue weighted by atomic mass is 10.0. The number of benzene rings is 2. The first kappa shape index (κ1) is 19.7. The Morgan fingerprint density at radius 2 is 1.97 bits per heavy atom. The molecule has 0 fully saturated rings. The second-order valence-electron chi connectivity index (χ2n) is 6.31. The summed E-state index contributed by atoms with van der Waals surface area (Å²) in [5.74, 6) is -2.28. The second kappa shape index (κ2) is 7.31. The molecule has 5 nitrogen and oxygen atoms in total. The van der Waals surface area contributed by atoms with E-state index in [0.29, 0.717) is 5.56 Å². The van der Waals surface area contributed by atoms with Gasteiger partial charge in [0.15, 0.2) is 5.43 Å². The maximum atomic E-state index is 15.1. The topological polar surface area (TPSA) is 74.5 Å². The lowest BCUT2D eigenvalue weighted by Gasteiger charge is -2.10. The van der Waals surface area contributed by atoms with E-state index in [-0.39, 0.29) is 32.0 Å². The summed E-state index contributed by atoms with van der Waals surface area (Å²) in [6, 6.07) is 8.27. The first-order valence-electron chi connectivity index (χ1n) is 8.38. The van der Waals surface area contributed by atoms with Crippen LogP contribution in [0.2, 0.25) is 5.02 Å². The molecule has 0 atom stereocenters. The number of aromatic nitrogens is 3. The monoisotopic (exact) mass is 432 g/mol. The molecule has 4 rings (SSSR count). The van der Waals surface area contributed by atoms with Gasteiger partial charge >= 0.3 is 6.55 Å². The van der Waals surface area contributed by atoms with Crippen molar-refractivity contribution < 1.29 is 17.6 Å².